The highest BCUT2D eigenvalue weighted by Crippen LogP contribution is 2.25. The number of carbonyl (C=O) groups excluding carboxylic acids is 1. The molecule has 1 aliphatic heterocycles. The van der Waals surface area contributed by atoms with E-state index in [1.54, 1.807) is 41.6 Å². The molecular weight excluding hydrogens is 337 g/mol. The number of hydrogen-bond acceptors (Lipinski definition) is 4. The molecule has 1 saturated heterocycles. The molecule has 0 aliphatic carbocycles. The van der Waals surface area contributed by atoms with Crippen molar-refractivity contribution in [3.63, 3.8) is 0 Å². The highest BCUT2D eigenvalue weighted by Gasteiger charge is 2.39. The number of carbonyl (C=O) groups is 1. The number of ether oxygens (including phenoxy) is 1. The Hall–Kier alpha value is -2.93. The number of nitrogens with zero attached hydrogens (tertiary/aromatic N) is 2. The van der Waals surface area contributed by atoms with E-state index in [0.717, 1.165) is 11.0 Å². The lowest BCUT2D eigenvalue weighted by Gasteiger charge is -2.23. The Kier molecular flexibility index (Phi) is 4.08. The number of halogens is 1. The molecule has 1 unspecified atom stereocenters. The number of amides is 1. The van der Waals surface area contributed by atoms with Gasteiger partial charge in [0.15, 0.2) is 0 Å². The van der Waals surface area contributed by atoms with E-state index in [0.29, 0.717) is 24.3 Å². The van der Waals surface area contributed by atoms with Crippen molar-refractivity contribution >= 4 is 16.9 Å². The van der Waals surface area contributed by atoms with E-state index in [2.05, 4.69) is 9.97 Å². The summed E-state index contributed by atoms with van der Waals surface area (Å²) in [6, 6.07) is 11.0. The van der Waals surface area contributed by atoms with Gasteiger partial charge in [0.05, 0.1) is 23.9 Å². The first-order chi connectivity index (χ1) is 12.5. The summed E-state index contributed by atoms with van der Waals surface area (Å²) in [6.07, 6.45) is 1.98. The molecule has 6 nitrogen and oxygen atoms in total. The average Bonchev–Trinajstić information content (AvgIpc) is 3.26. The van der Waals surface area contributed by atoms with Crippen molar-refractivity contribution in [1.82, 2.24) is 14.9 Å². The van der Waals surface area contributed by atoms with Crippen LogP contribution in [0.15, 0.2) is 48.8 Å². The van der Waals surface area contributed by atoms with Crippen LogP contribution in [0.25, 0.3) is 11.0 Å². The van der Waals surface area contributed by atoms with Crippen molar-refractivity contribution in [2.45, 2.75) is 12.0 Å². The van der Waals surface area contributed by atoms with Crippen molar-refractivity contribution in [3.8, 4) is 5.75 Å². The van der Waals surface area contributed by atoms with Gasteiger partial charge in [0, 0.05) is 18.2 Å². The molecule has 4 rings (SSSR count). The van der Waals surface area contributed by atoms with E-state index in [1.165, 1.54) is 12.1 Å². The van der Waals surface area contributed by atoms with Crippen LogP contribution < -0.4 is 4.74 Å². The predicted octanol–water partition coefficient (Wildman–Crippen LogP) is 2.36. The summed E-state index contributed by atoms with van der Waals surface area (Å²) in [5.74, 6) is -0.192. The van der Waals surface area contributed by atoms with E-state index in [1.807, 2.05) is 0 Å². The van der Waals surface area contributed by atoms with Crippen LogP contribution in [-0.4, -0.2) is 51.2 Å². The van der Waals surface area contributed by atoms with Crippen LogP contribution in [0, 0.1) is 5.82 Å². The summed E-state index contributed by atoms with van der Waals surface area (Å²) >= 11 is 0. The van der Waals surface area contributed by atoms with Crippen LogP contribution in [0.3, 0.4) is 0 Å². The minimum Gasteiger partial charge on any atom is -0.490 e. The van der Waals surface area contributed by atoms with Crippen molar-refractivity contribution in [3.05, 3.63) is 60.2 Å². The molecule has 0 radical (unpaired) electrons. The number of nitrogens with one attached hydrogen (secondary N) is 1. The highest BCUT2D eigenvalue weighted by molar-refractivity contribution is 5.97. The monoisotopic (exact) mass is 355 g/mol. The Labute approximate surface area is 149 Å². The lowest BCUT2D eigenvalue weighted by Crippen LogP contribution is -2.40. The first-order valence-electron chi connectivity index (χ1n) is 8.36. The first-order valence-corrected chi connectivity index (χ1v) is 8.36. The number of β-amino-alcohol motifs (C(OH)–C–C–N with tert-alkyl or cyclic N) is 1. The Bertz CT molecular complexity index is 958. The molecule has 0 saturated carbocycles. The van der Waals surface area contributed by atoms with E-state index >= 15 is 0 Å². The molecule has 3 aromatic rings. The summed E-state index contributed by atoms with van der Waals surface area (Å²) in [5.41, 5.74) is 0.972. The Morgan fingerprint density at radius 3 is 3.08 bits per heavy atom. The minimum atomic E-state index is -1.15. The number of aromatic nitrogens is 2. The third-order valence-corrected chi connectivity index (χ3v) is 4.59. The fourth-order valence-electron chi connectivity index (χ4n) is 3.17. The van der Waals surface area contributed by atoms with Gasteiger partial charge in [0.1, 0.15) is 23.8 Å². The summed E-state index contributed by atoms with van der Waals surface area (Å²) < 4.78 is 18.7. The maximum atomic E-state index is 13.2. The molecule has 1 amide bonds. The van der Waals surface area contributed by atoms with Gasteiger partial charge < -0.3 is 19.7 Å². The second-order valence-corrected chi connectivity index (χ2v) is 6.58. The van der Waals surface area contributed by atoms with E-state index in [4.69, 9.17) is 4.74 Å². The number of aliphatic hydroxyl groups is 1. The van der Waals surface area contributed by atoms with Gasteiger partial charge >= 0.3 is 0 Å². The summed E-state index contributed by atoms with van der Waals surface area (Å²) in [6.45, 7) is 0.602. The fourth-order valence-corrected chi connectivity index (χ4v) is 3.17. The molecule has 134 valence electrons. The third kappa shape index (κ3) is 3.25. The van der Waals surface area contributed by atoms with E-state index in [9.17, 15) is 14.3 Å². The molecule has 0 bridgehead atoms. The predicted molar refractivity (Wildman–Crippen MR) is 93.5 cm³/mol. The number of likely N-dealkylation sites (tertiary alicyclic amines) is 1. The lowest BCUT2D eigenvalue weighted by atomic mass is 10.1. The number of rotatable bonds is 4. The molecule has 2 aromatic carbocycles. The van der Waals surface area contributed by atoms with Crippen molar-refractivity contribution in [2.24, 2.45) is 0 Å². The second kappa shape index (κ2) is 6.42. The number of imidazole rings is 1. The molecule has 2 heterocycles. The average molecular weight is 355 g/mol. The smallest absolute Gasteiger partial charge is 0.254 e. The Morgan fingerprint density at radius 1 is 1.35 bits per heavy atom. The standard InChI is InChI=1S/C19H18FN3O3/c20-14-2-1-3-15(9-14)26-11-19(25)6-7-23(10-19)18(24)13-4-5-16-17(8-13)22-12-21-16/h1-5,8-9,12,25H,6-7,10-11H2,(H,21,22). The number of fused-ring (bicyclic) bond motifs is 1. The number of aromatic amines is 1. The normalized spacial score (nSPS) is 19.8. The first kappa shape index (κ1) is 16.5. The maximum absolute atomic E-state index is 13.2. The van der Waals surface area contributed by atoms with Gasteiger partial charge in [0.25, 0.3) is 5.91 Å². The molecule has 7 heteroatoms. The Morgan fingerprint density at radius 2 is 2.23 bits per heavy atom. The molecule has 1 atom stereocenters. The van der Waals surface area contributed by atoms with Gasteiger partial charge in [-0.3, -0.25) is 4.79 Å². The zero-order valence-electron chi connectivity index (χ0n) is 14.0. The maximum Gasteiger partial charge on any atom is 0.254 e. The van der Waals surface area contributed by atoms with E-state index in [-0.39, 0.29) is 19.1 Å². The molecule has 1 aromatic heterocycles. The van der Waals surface area contributed by atoms with Crippen LogP contribution in [0.4, 0.5) is 4.39 Å². The van der Waals surface area contributed by atoms with Gasteiger partial charge in [-0.05, 0) is 36.8 Å². The number of benzene rings is 2. The molecule has 1 fully saturated rings. The van der Waals surface area contributed by atoms with Gasteiger partial charge in [-0.2, -0.15) is 0 Å². The largest absolute Gasteiger partial charge is 0.490 e. The topological polar surface area (TPSA) is 78.5 Å². The fraction of sp³-hybridized carbons (Fsp3) is 0.263. The Balaban J connectivity index is 1.42. The van der Waals surface area contributed by atoms with Crippen LogP contribution in [0.1, 0.15) is 16.8 Å². The van der Waals surface area contributed by atoms with Crippen molar-refractivity contribution in [1.29, 1.82) is 0 Å². The lowest BCUT2D eigenvalue weighted by molar-refractivity contribution is 0.00423. The van der Waals surface area contributed by atoms with Gasteiger partial charge in [-0.1, -0.05) is 6.07 Å². The van der Waals surface area contributed by atoms with Crippen LogP contribution in [-0.2, 0) is 0 Å². The SMILES string of the molecule is O=C(c1ccc2nc[nH]c2c1)N1CCC(O)(COc2cccc(F)c2)C1. The quantitative estimate of drug-likeness (QED) is 0.753. The molecule has 1 aliphatic rings. The molecule has 26 heavy (non-hydrogen) atoms. The number of hydrogen-bond donors (Lipinski definition) is 2. The number of H-pyrrole nitrogens is 1. The second-order valence-electron chi connectivity index (χ2n) is 6.58. The van der Waals surface area contributed by atoms with Crippen LogP contribution in [0.2, 0.25) is 0 Å². The van der Waals surface area contributed by atoms with Crippen molar-refractivity contribution in [2.75, 3.05) is 19.7 Å². The van der Waals surface area contributed by atoms with Gasteiger partial charge in [-0.15, -0.1) is 0 Å². The van der Waals surface area contributed by atoms with Gasteiger partial charge in [-0.25, -0.2) is 9.37 Å². The minimum absolute atomic E-state index is 0.000182. The summed E-state index contributed by atoms with van der Waals surface area (Å²) in [4.78, 5) is 21.4. The third-order valence-electron chi connectivity index (χ3n) is 4.59. The van der Waals surface area contributed by atoms with Crippen molar-refractivity contribution < 1.29 is 19.0 Å². The molecule has 0 spiro atoms. The van der Waals surface area contributed by atoms with Gasteiger partial charge in [0.2, 0.25) is 0 Å². The summed E-state index contributed by atoms with van der Waals surface area (Å²) in [7, 11) is 0. The zero-order chi connectivity index (χ0) is 18.1. The summed E-state index contributed by atoms with van der Waals surface area (Å²) in [5, 5.41) is 10.7. The van der Waals surface area contributed by atoms with Crippen LogP contribution in [0.5, 0.6) is 5.75 Å². The molecular formula is C19H18FN3O3. The van der Waals surface area contributed by atoms with Crippen LogP contribution >= 0.6 is 0 Å². The highest BCUT2D eigenvalue weighted by atomic mass is 19.1. The zero-order valence-corrected chi connectivity index (χ0v) is 14.0. The molecule has 2 N–H and O–H groups in total. The van der Waals surface area contributed by atoms with E-state index < -0.39 is 11.4 Å².